The SMILES string of the molecule is COc1ccc(N)cc1N(C)C1=CC=CCC1.S. The van der Waals surface area contributed by atoms with E-state index in [2.05, 4.69) is 23.1 Å². The van der Waals surface area contributed by atoms with Crippen LogP contribution in [0.3, 0.4) is 0 Å². The molecule has 0 saturated heterocycles. The van der Waals surface area contributed by atoms with Crippen LogP contribution in [-0.2, 0) is 0 Å². The van der Waals surface area contributed by atoms with Crippen LogP contribution in [-0.4, -0.2) is 14.2 Å². The lowest BCUT2D eigenvalue weighted by Gasteiger charge is -2.25. The van der Waals surface area contributed by atoms with Crippen molar-refractivity contribution in [3.63, 3.8) is 0 Å². The van der Waals surface area contributed by atoms with E-state index in [0.29, 0.717) is 0 Å². The summed E-state index contributed by atoms with van der Waals surface area (Å²) in [7, 11) is 3.72. The Kier molecular flexibility index (Phi) is 5.16. The number of ether oxygens (including phenoxy) is 1. The third-order valence-corrected chi connectivity index (χ3v) is 2.99. The Morgan fingerprint density at radius 1 is 1.33 bits per heavy atom. The van der Waals surface area contributed by atoms with Gasteiger partial charge in [0.2, 0.25) is 0 Å². The number of hydrogen-bond donors (Lipinski definition) is 1. The van der Waals surface area contributed by atoms with Gasteiger partial charge >= 0.3 is 0 Å². The number of rotatable bonds is 3. The van der Waals surface area contributed by atoms with Crippen LogP contribution in [0.4, 0.5) is 11.4 Å². The molecule has 2 rings (SSSR count). The number of methoxy groups -OCH3 is 1. The van der Waals surface area contributed by atoms with Gasteiger partial charge in [-0.25, -0.2) is 0 Å². The first kappa shape index (κ1) is 14.5. The van der Waals surface area contributed by atoms with Gasteiger partial charge in [-0.15, -0.1) is 0 Å². The van der Waals surface area contributed by atoms with Crippen LogP contribution < -0.4 is 15.4 Å². The van der Waals surface area contributed by atoms with Gasteiger partial charge in [-0.05, 0) is 37.1 Å². The van der Waals surface area contributed by atoms with Crippen molar-refractivity contribution in [3.8, 4) is 5.75 Å². The average molecular weight is 264 g/mol. The van der Waals surface area contributed by atoms with Crippen molar-refractivity contribution in [2.75, 3.05) is 24.8 Å². The van der Waals surface area contributed by atoms with E-state index in [4.69, 9.17) is 10.5 Å². The highest BCUT2D eigenvalue weighted by Crippen LogP contribution is 2.33. The van der Waals surface area contributed by atoms with Crippen molar-refractivity contribution in [2.24, 2.45) is 0 Å². The second-order valence-electron chi connectivity index (χ2n) is 4.12. The number of nitrogen functional groups attached to an aromatic ring is 1. The molecule has 0 atom stereocenters. The van der Waals surface area contributed by atoms with Crippen LogP contribution in [0.15, 0.2) is 42.1 Å². The maximum Gasteiger partial charge on any atom is 0.142 e. The molecule has 0 radical (unpaired) electrons. The molecule has 2 N–H and O–H groups in total. The second-order valence-corrected chi connectivity index (χ2v) is 4.12. The van der Waals surface area contributed by atoms with E-state index in [-0.39, 0.29) is 13.5 Å². The molecule has 0 bridgehead atoms. The molecule has 0 spiro atoms. The maximum atomic E-state index is 5.83. The molecular formula is C14H20N2OS. The zero-order chi connectivity index (χ0) is 12.3. The van der Waals surface area contributed by atoms with Gasteiger partial charge in [0.1, 0.15) is 5.75 Å². The summed E-state index contributed by atoms with van der Waals surface area (Å²) in [5.41, 5.74) is 8.87. The monoisotopic (exact) mass is 264 g/mol. The Bertz CT molecular complexity index is 469. The fourth-order valence-corrected chi connectivity index (χ4v) is 1.99. The van der Waals surface area contributed by atoms with Crippen LogP contribution in [0.25, 0.3) is 0 Å². The van der Waals surface area contributed by atoms with Gasteiger partial charge in [0, 0.05) is 18.4 Å². The maximum absolute atomic E-state index is 5.83. The molecule has 0 unspecified atom stereocenters. The van der Waals surface area contributed by atoms with Crippen LogP contribution in [0.5, 0.6) is 5.75 Å². The van der Waals surface area contributed by atoms with E-state index in [1.165, 1.54) is 5.70 Å². The van der Waals surface area contributed by atoms with E-state index in [9.17, 15) is 0 Å². The molecule has 1 aliphatic rings. The molecule has 0 heterocycles. The molecule has 1 aliphatic carbocycles. The molecule has 0 fully saturated rings. The van der Waals surface area contributed by atoms with Crippen molar-refractivity contribution >= 4 is 24.9 Å². The highest BCUT2D eigenvalue weighted by atomic mass is 32.1. The minimum Gasteiger partial charge on any atom is -0.495 e. The number of nitrogens with zero attached hydrogens (tertiary/aromatic N) is 1. The Labute approximate surface area is 115 Å². The van der Waals surface area contributed by atoms with Gasteiger partial charge in [0.25, 0.3) is 0 Å². The van der Waals surface area contributed by atoms with E-state index < -0.39 is 0 Å². The van der Waals surface area contributed by atoms with Gasteiger partial charge < -0.3 is 15.4 Å². The summed E-state index contributed by atoms with van der Waals surface area (Å²) < 4.78 is 5.37. The molecule has 18 heavy (non-hydrogen) atoms. The van der Waals surface area contributed by atoms with Crippen LogP contribution in [0.2, 0.25) is 0 Å². The van der Waals surface area contributed by atoms with Crippen molar-refractivity contribution in [1.82, 2.24) is 0 Å². The Morgan fingerprint density at radius 3 is 2.72 bits per heavy atom. The topological polar surface area (TPSA) is 38.5 Å². The fraction of sp³-hybridized carbons (Fsp3) is 0.286. The van der Waals surface area contributed by atoms with Gasteiger partial charge in [-0.1, -0.05) is 12.2 Å². The van der Waals surface area contributed by atoms with Gasteiger partial charge in [-0.3, -0.25) is 0 Å². The molecule has 3 nitrogen and oxygen atoms in total. The average Bonchev–Trinajstić information content (AvgIpc) is 2.39. The third-order valence-electron chi connectivity index (χ3n) is 2.99. The zero-order valence-corrected chi connectivity index (χ0v) is 11.8. The van der Waals surface area contributed by atoms with Crippen LogP contribution >= 0.6 is 13.5 Å². The van der Waals surface area contributed by atoms with Crippen LogP contribution in [0.1, 0.15) is 12.8 Å². The Hall–Kier alpha value is -1.55. The number of benzene rings is 1. The molecule has 1 aromatic carbocycles. The molecule has 0 aromatic heterocycles. The van der Waals surface area contributed by atoms with E-state index in [1.54, 1.807) is 7.11 Å². The van der Waals surface area contributed by atoms with E-state index >= 15 is 0 Å². The number of allylic oxidation sites excluding steroid dienone is 4. The minimum atomic E-state index is 0. The van der Waals surface area contributed by atoms with Crippen molar-refractivity contribution in [3.05, 3.63) is 42.1 Å². The van der Waals surface area contributed by atoms with E-state index in [1.807, 2.05) is 25.2 Å². The summed E-state index contributed by atoms with van der Waals surface area (Å²) in [5.74, 6) is 0.845. The quantitative estimate of drug-likeness (QED) is 0.853. The summed E-state index contributed by atoms with van der Waals surface area (Å²) >= 11 is 0. The number of anilines is 2. The van der Waals surface area contributed by atoms with E-state index in [0.717, 1.165) is 30.0 Å². The highest BCUT2D eigenvalue weighted by Gasteiger charge is 2.12. The summed E-state index contributed by atoms with van der Waals surface area (Å²) in [4.78, 5) is 2.14. The predicted molar refractivity (Wildman–Crippen MR) is 82.6 cm³/mol. The number of hydrogen-bond acceptors (Lipinski definition) is 3. The fourth-order valence-electron chi connectivity index (χ4n) is 1.99. The summed E-state index contributed by atoms with van der Waals surface area (Å²) in [6.07, 6.45) is 8.53. The first-order valence-electron chi connectivity index (χ1n) is 5.75. The second kappa shape index (κ2) is 6.40. The Balaban J connectivity index is 0.00000162. The lowest BCUT2D eigenvalue weighted by Crippen LogP contribution is -2.18. The van der Waals surface area contributed by atoms with Crippen molar-refractivity contribution < 1.29 is 4.74 Å². The molecule has 0 saturated carbocycles. The summed E-state index contributed by atoms with van der Waals surface area (Å²) in [6, 6.07) is 5.70. The van der Waals surface area contributed by atoms with Gasteiger partial charge in [-0.2, -0.15) is 13.5 Å². The van der Waals surface area contributed by atoms with Crippen LogP contribution in [0, 0.1) is 0 Å². The first-order chi connectivity index (χ1) is 8.22. The number of nitrogens with two attached hydrogens (primary N) is 1. The molecule has 98 valence electrons. The summed E-state index contributed by atoms with van der Waals surface area (Å²) in [6.45, 7) is 0. The molecular weight excluding hydrogens is 244 g/mol. The largest absolute Gasteiger partial charge is 0.495 e. The normalized spacial score (nSPS) is 13.6. The summed E-state index contributed by atoms with van der Waals surface area (Å²) in [5, 5.41) is 0. The Morgan fingerprint density at radius 2 is 2.11 bits per heavy atom. The van der Waals surface area contributed by atoms with Crippen molar-refractivity contribution in [2.45, 2.75) is 12.8 Å². The lowest BCUT2D eigenvalue weighted by atomic mass is 10.1. The lowest BCUT2D eigenvalue weighted by molar-refractivity contribution is 0.415. The third kappa shape index (κ3) is 3.01. The predicted octanol–water partition coefficient (Wildman–Crippen LogP) is 3.06. The highest BCUT2D eigenvalue weighted by molar-refractivity contribution is 7.59. The molecule has 1 aromatic rings. The van der Waals surface area contributed by atoms with Gasteiger partial charge in [0.15, 0.2) is 0 Å². The first-order valence-corrected chi connectivity index (χ1v) is 5.75. The zero-order valence-electron chi connectivity index (χ0n) is 10.8. The molecule has 0 aliphatic heterocycles. The molecule has 4 heteroatoms. The smallest absolute Gasteiger partial charge is 0.142 e. The van der Waals surface area contributed by atoms with Gasteiger partial charge in [0.05, 0.1) is 12.8 Å². The van der Waals surface area contributed by atoms with Crippen molar-refractivity contribution in [1.29, 1.82) is 0 Å². The minimum absolute atomic E-state index is 0. The molecule has 0 amide bonds. The standard InChI is InChI=1S/C14H18N2O.H2S/c1-16(12-6-4-3-5-7-12)13-10-11(15)8-9-14(13)17-2;/h3-4,6,8-10H,5,7,15H2,1-2H3;1H2.